The van der Waals surface area contributed by atoms with Crippen molar-refractivity contribution >= 4 is 17.5 Å². The minimum atomic E-state index is 0.138. The van der Waals surface area contributed by atoms with Gasteiger partial charge in [0.05, 0.1) is 14.2 Å². The highest BCUT2D eigenvalue weighted by Crippen LogP contribution is 2.31. The standard InChI is InChI=1S/C28H30ClNO4/c1-32-26-14-9-20(18-27(26)33-2)15-16-30(28(31)22-6-4-7-22)19-21-5-3-8-25(17-21)34-24-12-10-23(29)11-13-24/h3,5,8-14,17-18,22H,4,6-7,15-16,19H2,1-2H3. The molecule has 0 radical (unpaired) electrons. The summed E-state index contributed by atoms with van der Waals surface area (Å²) in [6, 6.07) is 21.1. The van der Waals surface area contributed by atoms with Gasteiger partial charge >= 0.3 is 0 Å². The van der Waals surface area contributed by atoms with E-state index < -0.39 is 0 Å². The summed E-state index contributed by atoms with van der Waals surface area (Å²) in [4.78, 5) is 15.2. The fraction of sp³-hybridized carbons (Fsp3) is 0.321. The fourth-order valence-corrected chi connectivity index (χ4v) is 4.17. The molecule has 0 saturated heterocycles. The van der Waals surface area contributed by atoms with Crippen molar-refractivity contribution in [2.45, 2.75) is 32.2 Å². The van der Waals surface area contributed by atoms with Crippen molar-refractivity contribution in [3.8, 4) is 23.0 Å². The fourth-order valence-electron chi connectivity index (χ4n) is 4.05. The van der Waals surface area contributed by atoms with E-state index in [9.17, 15) is 4.79 Å². The van der Waals surface area contributed by atoms with Crippen molar-refractivity contribution < 1.29 is 19.0 Å². The van der Waals surface area contributed by atoms with Crippen molar-refractivity contribution in [1.29, 1.82) is 0 Å². The van der Waals surface area contributed by atoms with Gasteiger partial charge in [0.1, 0.15) is 11.5 Å². The average Bonchev–Trinajstić information content (AvgIpc) is 2.82. The van der Waals surface area contributed by atoms with Gasteiger partial charge in [0.2, 0.25) is 5.91 Å². The van der Waals surface area contributed by atoms with Crippen LogP contribution in [0.2, 0.25) is 5.02 Å². The Kier molecular flexibility index (Phi) is 7.96. The lowest BCUT2D eigenvalue weighted by atomic mass is 9.84. The monoisotopic (exact) mass is 479 g/mol. The van der Waals surface area contributed by atoms with Crippen LogP contribution in [0.15, 0.2) is 66.7 Å². The van der Waals surface area contributed by atoms with Crippen molar-refractivity contribution in [3.63, 3.8) is 0 Å². The summed E-state index contributed by atoms with van der Waals surface area (Å²) in [5, 5.41) is 0.667. The molecule has 0 spiro atoms. The first-order valence-electron chi connectivity index (χ1n) is 11.6. The molecule has 1 aliphatic carbocycles. The van der Waals surface area contributed by atoms with Crippen LogP contribution in [0.4, 0.5) is 0 Å². The van der Waals surface area contributed by atoms with Crippen LogP contribution in [0.3, 0.4) is 0 Å². The molecule has 1 saturated carbocycles. The normalized spacial score (nSPS) is 13.1. The summed E-state index contributed by atoms with van der Waals surface area (Å²) < 4.78 is 16.8. The number of amides is 1. The van der Waals surface area contributed by atoms with Crippen molar-refractivity contribution in [3.05, 3.63) is 82.9 Å². The molecule has 5 nitrogen and oxygen atoms in total. The Hall–Kier alpha value is -3.18. The van der Waals surface area contributed by atoms with Gasteiger partial charge in [0.25, 0.3) is 0 Å². The Labute approximate surface area is 206 Å². The van der Waals surface area contributed by atoms with Gasteiger partial charge in [-0.1, -0.05) is 36.2 Å². The number of rotatable bonds is 10. The molecule has 0 aromatic heterocycles. The molecule has 0 aliphatic heterocycles. The van der Waals surface area contributed by atoms with Gasteiger partial charge < -0.3 is 19.1 Å². The molecular formula is C28H30ClNO4. The highest BCUT2D eigenvalue weighted by atomic mass is 35.5. The molecule has 3 aromatic carbocycles. The quantitative estimate of drug-likeness (QED) is 0.332. The molecule has 0 unspecified atom stereocenters. The largest absolute Gasteiger partial charge is 0.493 e. The zero-order chi connectivity index (χ0) is 23.9. The van der Waals surface area contributed by atoms with Crippen LogP contribution in [0.25, 0.3) is 0 Å². The van der Waals surface area contributed by atoms with E-state index in [0.717, 1.165) is 48.3 Å². The Morgan fingerprint density at radius 1 is 0.912 bits per heavy atom. The van der Waals surface area contributed by atoms with Crippen LogP contribution >= 0.6 is 11.6 Å². The minimum Gasteiger partial charge on any atom is -0.493 e. The van der Waals surface area contributed by atoms with E-state index in [-0.39, 0.29) is 11.8 Å². The molecule has 178 valence electrons. The second-order valence-electron chi connectivity index (χ2n) is 8.53. The lowest BCUT2D eigenvalue weighted by molar-refractivity contribution is -0.138. The topological polar surface area (TPSA) is 48.0 Å². The van der Waals surface area contributed by atoms with Crippen LogP contribution < -0.4 is 14.2 Å². The summed E-state index contributed by atoms with van der Waals surface area (Å²) >= 11 is 5.97. The van der Waals surface area contributed by atoms with Gasteiger partial charge in [0.15, 0.2) is 11.5 Å². The first-order chi connectivity index (χ1) is 16.6. The molecule has 6 heteroatoms. The minimum absolute atomic E-state index is 0.138. The van der Waals surface area contributed by atoms with E-state index in [1.165, 1.54) is 0 Å². The SMILES string of the molecule is COc1ccc(CCN(Cc2cccc(Oc3ccc(Cl)cc3)c2)C(=O)C2CCC2)cc1OC. The van der Waals surface area contributed by atoms with Gasteiger partial charge in [-0.25, -0.2) is 0 Å². The maximum absolute atomic E-state index is 13.2. The number of ether oxygens (including phenoxy) is 3. The van der Waals surface area contributed by atoms with Gasteiger partial charge in [-0.2, -0.15) is 0 Å². The van der Waals surface area contributed by atoms with Crippen LogP contribution in [-0.4, -0.2) is 31.6 Å². The molecule has 1 fully saturated rings. The molecule has 4 rings (SSSR count). The molecular weight excluding hydrogens is 450 g/mol. The molecule has 0 atom stereocenters. The maximum Gasteiger partial charge on any atom is 0.225 e. The number of nitrogens with zero attached hydrogens (tertiary/aromatic N) is 1. The maximum atomic E-state index is 13.2. The summed E-state index contributed by atoms with van der Waals surface area (Å²) in [5.41, 5.74) is 2.13. The van der Waals surface area contributed by atoms with Gasteiger partial charge in [-0.05, 0) is 78.9 Å². The van der Waals surface area contributed by atoms with Gasteiger partial charge in [-0.3, -0.25) is 4.79 Å². The molecule has 0 bridgehead atoms. The third-order valence-electron chi connectivity index (χ3n) is 6.21. The molecule has 1 aliphatic rings. The van der Waals surface area contributed by atoms with Crippen molar-refractivity contribution in [1.82, 2.24) is 4.90 Å². The molecule has 1 amide bonds. The van der Waals surface area contributed by atoms with E-state index in [1.54, 1.807) is 26.4 Å². The number of carbonyl (C=O) groups is 1. The lowest BCUT2D eigenvalue weighted by Gasteiger charge is -2.32. The second-order valence-corrected chi connectivity index (χ2v) is 8.97. The molecule has 34 heavy (non-hydrogen) atoms. The zero-order valence-electron chi connectivity index (χ0n) is 19.6. The number of halogens is 1. The number of hydrogen-bond donors (Lipinski definition) is 0. The van der Waals surface area contributed by atoms with E-state index in [0.29, 0.717) is 29.6 Å². The number of carbonyl (C=O) groups excluding carboxylic acids is 1. The first-order valence-corrected chi connectivity index (χ1v) is 12.0. The predicted molar refractivity (Wildman–Crippen MR) is 134 cm³/mol. The van der Waals surface area contributed by atoms with Crippen LogP contribution in [-0.2, 0) is 17.8 Å². The average molecular weight is 480 g/mol. The molecule has 0 heterocycles. The zero-order valence-corrected chi connectivity index (χ0v) is 20.4. The second kappa shape index (κ2) is 11.3. The predicted octanol–water partition coefficient (Wildman–Crippen LogP) is 6.52. The third kappa shape index (κ3) is 6.03. The molecule has 0 N–H and O–H groups in total. The van der Waals surface area contributed by atoms with E-state index in [2.05, 4.69) is 0 Å². The van der Waals surface area contributed by atoms with Crippen molar-refractivity contribution in [2.75, 3.05) is 20.8 Å². The summed E-state index contributed by atoms with van der Waals surface area (Å²) in [7, 11) is 3.26. The summed E-state index contributed by atoms with van der Waals surface area (Å²) in [6.07, 6.45) is 3.82. The Morgan fingerprint density at radius 3 is 2.35 bits per heavy atom. The van der Waals surface area contributed by atoms with Crippen LogP contribution in [0, 0.1) is 5.92 Å². The van der Waals surface area contributed by atoms with E-state index in [1.807, 2.05) is 59.5 Å². The number of hydrogen-bond acceptors (Lipinski definition) is 4. The van der Waals surface area contributed by atoms with Gasteiger partial charge in [-0.15, -0.1) is 0 Å². The van der Waals surface area contributed by atoms with Crippen LogP contribution in [0.1, 0.15) is 30.4 Å². The van der Waals surface area contributed by atoms with E-state index in [4.69, 9.17) is 25.8 Å². The third-order valence-corrected chi connectivity index (χ3v) is 6.46. The summed E-state index contributed by atoms with van der Waals surface area (Å²) in [6.45, 7) is 1.17. The lowest BCUT2D eigenvalue weighted by Crippen LogP contribution is -2.39. The van der Waals surface area contributed by atoms with Crippen LogP contribution in [0.5, 0.6) is 23.0 Å². The van der Waals surface area contributed by atoms with Crippen molar-refractivity contribution in [2.24, 2.45) is 5.92 Å². The van der Waals surface area contributed by atoms with E-state index >= 15 is 0 Å². The van der Waals surface area contributed by atoms with Gasteiger partial charge in [0, 0.05) is 24.0 Å². The smallest absolute Gasteiger partial charge is 0.225 e. The highest BCUT2D eigenvalue weighted by Gasteiger charge is 2.29. The Morgan fingerprint density at radius 2 is 1.68 bits per heavy atom. The Bertz CT molecular complexity index is 1110. The first kappa shape index (κ1) is 24.0. The number of methoxy groups -OCH3 is 2. The Balaban J connectivity index is 1.47. The highest BCUT2D eigenvalue weighted by molar-refractivity contribution is 6.30. The summed E-state index contributed by atoms with van der Waals surface area (Å²) in [5.74, 6) is 3.22. The molecule has 3 aromatic rings. The number of benzene rings is 3.